The van der Waals surface area contributed by atoms with E-state index in [9.17, 15) is 0 Å². The van der Waals surface area contributed by atoms with Crippen molar-refractivity contribution in [1.82, 2.24) is 0 Å². The van der Waals surface area contributed by atoms with Crippen molar-refractivity contribution in [3.05, 3.63) is 12.2 Å². The molecule has 0 bridgehead atoms. The van der Waals surface area contributed by atoms with E-state index in [1.807, 2.05) is 0 Å². The third-order valence-corrected chi connectivity index (χ3v) is 5.48. The highest BCUT2D eigenvalue weighted by Crippen LogP contribution is 2.41. The fourth-order valence-electron chi connectivity index (χ4n) is 4.08. The van der Waals surface area contributed by atoms with Gasteiger partial charge in [-0.1, -0.05) is 19.1 Å². The van der Waals surface area contributed by atoms with Crippen LogP contribution in [0.15, 0.2) is 12.2 Å². The van der Waals surface area contributed by atoms with Gasteiger partial charge in [0, 0.05) is 12.5 Å². The van der Waals surface area contributed by atoms with Crippen LogP contribution in [0, 0.1) is 35.0 Å². The second-order valence-corrected chi connectivity index (χ2v) is 6.94. The van der Waals surface area contributed by atoms with Gasteiger partial charge < -0.3 is 4.74 Å². The lowest BCUT2D eigenvalue weighted by Crippen LogP contribution is -2.26. The molecule has 0 heterocycles. The highest BCUT2D eigenvalue weighted by molar-refractivity contribution is 4.89. The van der Waals surface area contributed by atoms with E-state index in [0.717, 1.165) is 50.2 Å². The molecule has 0 N–H and O–H groups in total. The van der Waals surface area contributed by atoms with Crippen LogP contribution in [-0.2, 0) is 4.74 Å². The lowest BCUT2D eigenvalue weighted by atomic mass is 9.69. The lowest BCUT2D eigenvalue weighted by Gasteiger charge is -2.36. The van der Waals surface area contributed by atoms with Crippen molar-refractivity contribution in [3.8, 4) is 6.07 Å². The summed E-state index contributed by atoms with van der Waals surface area (Å²) in [6.45, 7) is 3.88. The topological polar surface area (TPSA) is 33.0 Å². The summed E-state index contributed by atoms with van der Waals surface area (Å²) < 4.78 is 5.76. The molecule has 2 fully saturated rings. The highest BCUT2D eigenvalue weighted by Gasteiger charge is 2.30. The summed E-state index contributed by atoms with van der Waals surface area (Å²) in [5.41, 5.74) is 0. The first-order valence-electron chi connectivity index (χ1n) is 8.95. The predicted octanol–water partition coefficient (Wildman–Crippen LogP) is 5.11. The van der Waals surface area contributed by atoms with E-state index in [-0.39, 0.29) is 0 Å². The Kier molecular flexibility index (Phi) is 7.30. The summed E-state index contributed by atoms with van der Waals surface area (Å²) in [6, 6.07) is 2.45. The van der Waals surface area contributed by atoms with Crippen molar-refractivity contribution >= 4 is 0 Å². The SMILES string of the molecule is CC/C=C\COCC1CCC(C2CCC(C#N)CC2)CC1. The number of ether oxygens (including phenoxy) is 1. The van der Waals surface area contributed by atoms with E-state index < -0.39 is 0 Å². The number of hydrogen-bond donors (Lipinski definition) is 0. The molecule has 0 aromatic rings. The van der Waals surface area contributed by atoms with E-state index in [4.69, 9.17) is 10.00 Å². The molecular formula is C19H31NO. The second-order valence-electron chi connectivity index (χ2n) is 6.94. The Bertz CT molecular complexity index is 341. The molecular weight excluding hydrogens is 258 g/mol. The van der Waals surface area contributed by atoms with E-state index in [0.29, 0.717) is 5.92 Å². The van der Waals surface area contributed by atoms with Crippen LogP contribution in [0.1, 0.15) is 64.7 Å². The number of nitriles is 1. The third kappa shape index (κ3) is 5.47. The van der Waals surface area contributed by atoms with Crippen LogP contribution in [0.4, 0.5) is 0 Å². The molecule has 0 radical (unpaired) electrons. The zero-order valence-corrected chi connectivity index (χ0v) is 13.6. The fourth-order valence-corrected chi connectivity index (χ4v) is 4.08. The average Bonchev–Trinajstić information content (AvgIpc) is 2.55. The fraction of sp³-hybridized carbons (Fsp3) is 0.842. The van der Waals surface area contributed by atoms with Crippen LogP contribution < -0.4 is 0 Å². The molecule has 2 rings (SSSR count). The molecule has 0 unspecified atom stereocenters. The van der Waals surface area contributed by atoms with Gasteiger partial charge in [0.2, 0.25) is 0 Å². The second kappa shape index (κ2) is 9.26. The number of allylic oxidation sites excluding steroid dienone is 1. The zero-order chi connectivity index (χ0) is 14.9. The van der Waals surface area contributed by atoms with Crippen molar-refractivity contribution in [3.63, 3.8) is 0 Å². The van der Waals surface area contributed by atoms with Crippen LogP contribution >= 0.6 is 0 Å². The number of rotatable bonds is 6. The van der Waals surface area contributed by atoms with Crippen molar-refractivity contribution in [2.45, 2.75) is 64.7 Å². The van der Waals surface area contributed by atoms with Crippen molar-refractivity contribution < 1.29 is 4.74 Å². The minimum Gasteiger partial charge on any atom is -0.377 e. The molecule has 2 aliphatic rings. The third-order valence-electron chi connectivity index (χ3n) is 5.48. The first kappa shape index (κ1) is 16.6. The summed E-state index contributed by atoms with van der Waals surface area (Å²) in [6.07, 6.45) is 15.8. The lowest BCUT2D eigenvalue weighted by molar-refractivity contribution is 0.0801. The summed E-state index contributed by atoms with van der Waals surface area (Å²) in [5.74, 6) is 2.97. The molecule has 2 aliphatic carbocycles. The first-order valence-corrected chi connectivity index (χ1v) is 8.95. The molecule has 2 heteroatoms. The normalized spacial score (nSPS) is 33.9. The van der Waals surface area contributed by atoms with Gasteiger partial charge in [0.25, 0.3) is 0 Å². The first-order chi connectivity index (χ1) is 10.3. The summed E-state index contributed by atoms with van der Waals surface area (Å²) >= 11 is 0. The molecule has 0 aromatic carbocycles. The molecule has 0 amide bonds. The number of hydrogen-bond acceptors (Lipinski definition) is 2. The van der Waals surface area contributed by atoms with Crippen LogP contribution in [0.2, 0.25) is 0 Å². The van der Waals surface area contributed by atoms with Gasteiger partial charge in [-0.05, 0) is 75.5 Å². The Morgan fingerprint density at radius 1 is 0.952 bits per heavy atom. The summed E-state index contributed by atoms with van der Waals surface area (Å²) in [5, 5.41) is 8.99. The Balaban J connectivity index is 1.60. The summed E-state index contributed by atoms with van der Waals surface area (Å²) in [4.78, 5) is 0. The summed E-state index contributed by atoms with van der Waals surface area (Å²) in [7, 11) is 0. The Labute approximate surface area is 130 Å². The molecule has 118 valence electrons. The van der Waals surface area contributed by atoms with Gasteiger partial charge in [0.1, 0.15) is 0 Å². The van der Waals surface area contributed by atoms with Gasteiger partial charge in [-0.25, -0.2) is 0 Å². The Hall–Kier alpha value is -0.810. The molecule has 0 spiro atoms. The predicted molar refractivity (Wildman–Crippen MR) is 86.8 cm³/mol. The minimum atomic E-state index is 0.349. The quantitative estimate of drug-likeness (QED) is 0.503. The Morgan fingerprint density at radius 3 is 2.14 bits per heavy atom. The van der Waals surface area contributed by atoms with Crippen molar-refractivity contribution in [2.75, 3.05) is 13.2 Å². The Morgan fingerprint density at radius 2 is 1.57 bits per heavy atom. The van der Waals surface area contributed by atoms with Crippen molar-refractivity contribution in [2.24, 2.45) is 23.7 Å². The van der Waals surface area contributed by atoms with E-state index in [1.54, 1.807) is 0 Å². The van der Waals surface area contributed by atoms with E-state index in [2.05, 4.69) is 25.1 Å². The maximum atomic E-state index is 8.99. The standard InChI is InChI=1S/C19H31NO/c1-2-3-4-13-21-15-17-7-11-19(12-8-17)18-9-5-16(14-20)6-10-18/h3-4,16-19H,2,5-13,15H2,1H3/b4-3-. The molecule has 2 saturated carbocycles. The molecule has 21 heavy (non-hydrogen) atoms. The van der Waals surface area contributed by atoms with Gasteiger partial charge in [-0.3, -0.25) is 0 Å². The largest absolute Gasteiger partial charge is 0.377 e. The smallest absolute Gasteiger partial charge is 0.0655 e. The minimum absolute atomic E-state index is 0.349. The van der Waals surface area contributed by atoms with E-state index in [1.165, 1.54) is 38.5 Å². The molecule has 0 aromatic heterocycles. The molecule has 0 saturated heterocycles. The average molecular weight is 289 g/mol. The van der Waals surface area contributed by atoms with Gasteiger partial charge in [0.05, 0.1) is 12.7 Å². The van der Waals surface area contributed by atoms with E-state index >= 15 is 0 Å². The molecule has 2 nitrogen and oxygen atoms in total. The van der Waals surface area contributed by atoms with Crippen LogP contribution in [-0.4, -0.2) is 13.2 Å². The van der Waals surface area contributed by atoms with Crippen LogP contribution in [0.5, 0.6) is 0 Å². The molecule has 0 aliphatic heterocycles. The van der Waals surface area contributed by atoms with Crippen LogP contribution in [0.25, 0.3) is 0 Å². The van der Waals surface area contributed by atoms with Gasteiger partial charge in [-0.15, -0.1) is 0 Å². The van der Waals surface area contributed by atoms with Gasteiger partial charge in [0.15, 0.2) is 0 Å². The van der Waals surface area contributed by atoms with Gasteiger partial charge in [-0.2, -0.15) is 5.26 Å². The van der Waals surface area contributed by atoms with Gasteiger partial charge >= 0.3 is 0 Å². The molecule has 0 atom stereocenters. The maximum Gasteiger partial charge on any atom is 0.0655 e. The van der Waals surface area contributed by atoms with Crippen LogP contribution in [0.3, 0.4) is 0 Å². The highest BCUT2D eigenvalue weighted by atomic mass is 16.5. The monoisotopic (exact) mass is 289 g/mol. The number of nitrogens with zero attached hydrogens (tertiary/aromatic N) is 1. The van der Waals surface area contributed by atoms with Crippen molar-refractivity contribution in [1.29, 1.82) is 5.26 Å². The maximum absolute atomic E-state index is 8.99. The zero-order valence-electron chi connectivity index (χ0n) is 13.6.